The van der Waals surface area contributed by atoms with Gasteiger partial charge in [0.05, 0.1) is 14.2 Å². The lowest BCUT2D eigenvalue weighted by Crippen LogP contribution is -2.29. The second-order valence-electron chi connectivity index (χ2n) is 7.30. The van der Waals surface area contributed by atoms with Crippen molar-refractivity contribution in [3.63, 3.8) is 0 Å². The summed E-state index contributed by atoms with van der Waals surface area (Å²) in [4.78, 5) is 37.9. The Morgan fingerprint density at radius 2 is 1.72 bits per heavy atom. The molecule has 0 saturated carbocycles. The van der Waals surface area contributed by atoms with Gasteiger partial charge in [0.25, 0.3) is 5.91 Å². The number of amides is 3. The Balaban J connectivity index is 2.22. The number of aryl methyl sites for hydroxylation is 1. The van der Waals surface area contributed by atoms with Crippen molar-refractivity contribution < 1.29 is 23.9 Å². The summed E-state index contributed by atoms with van der Waals surface area (Å²) in [5, 5.41) is 5.37. The fraction of sp³-hybridized carbons (Fsp3) is 0.292. The number of hydrogen-bond acceptors (Lipinski definition) is 5. The van der Waals surface area contributed by atoms with E-state index >= 15 is 0 Å². The lowest BCUT2D eigenvalue weighted by Gasteiger charge is -2.13. The topological polar surface area (TPSA) is 97.0 Å². The average molecular weight is 440 g/mol. The maximum atomic E-state index is 12.9. The highest BCUT2D eigenvalue weighted by atomic mass is 16.5. The first-order chi connectivity index (χ1) is 15.2. The van der Waals surface area contributed by atoms with Crippen LogP contribution in [0.5, 0.6) is 11.5 Å². The molecule has 2 aromatic carbocycles. The number of benzene rings is 2. The highest BCUT2D eigenvalue weighted by Gasteiger charge is 2.13. The monoisotopic (exact) mass is 439 g/mol. The van der Waals surface area contributed by atoms with E-state index in [-0.39, 0.29) is 17.5 Å². The molecule has 0 fully saturated rings. The minimum Gasteiger partial charge on any atom is -0.493 e. The molecule has 0 aliphatic rings. The van der Waals surface area contributed by atoms with Crippen LogP contribution in [0, 0.1) is 0 Å². The lowest BCUT2D eigenvalue weighted by atomic mass is 10.1. The molecule has 0 aliphatic carbocycles. The third kappa shape index (κ3) is 7.16. The molecular formula is C24H29N3O5. The van der Waals surface area contributed by atoms with Gasteiger partial charge in [0.2, 0.25) is 11.8 Å². The van der Waals surface area contributed by atoms with E-state index in [4.69, 9.17) is 9.47 Å². The third-order valence-electron chi connectivity index (χ3n) is 4.59. The fourth-order valence-corrected chi connectivity index (χ4v) is 2.94. The molecule has 2 N–H and O–H groups in total. The maximum Gasteiger partial charge on any atom is 0.272 e. The summed E-state index contributed by atoms with van der Waals surface area (Å²) in [7, 11) is 6.49. The maximum absolute atomic E-state index is 12.9. The number of nitrogens with zero attached hydrogens (tertiary/aromatic N) is 1. The van der Waals surface area contributed by atoms with Crippen molar-refractivity contribution in [2.24, 2.45) is 0 Å². The molecule has 0 radical (unpaired) electrons. The standard InChI is InChI=1S/C24H29N3O5/c1-16(28)25-20(14-18-9-11-21(31-4)22(15-18)32-5)24(30)26-19-8-6-7-17(13-19)10-12-23(29)27(2)3/h6-9,11,13-15H,10,12H2,1-5H3,(H,25,28)(H,26,30)/b20-14-. The van der Waals surface area contributed by atoms with Gasteiger partial charge in [-0.25, -0.2) is 0 Å². The first-order valence-electron chi connectivity index (χ1n) is 10.0. The Morgan fingerprint density at radius 1 is 1.00 bits per heavy atom. The molecule has 0 aromatic heterocycles. The van der Waals surface area contributed by atoms with Crippen molar-refractivity contribution in [2.75, 3.05) is 33.6 Å². The van der Waals surface area contributed by atoms with Crippen LogP contribution in [0.4, 0.5) is 5.69 Å². The van der Waals surface area contributed by atoms with Crippen molar-refractivity contribution in [3.8, 4) is 11.5 Å². The van der Waals surface area contributed by atoms with Crippen molar-refractivity contribution in [1.82, 2.24) is 10.2 Å². The van der Waals surface area contributed by atoms with Gasteiger partial charge in [-0.2, -0.15) is 0 Å². The SMILES string of the molecule is COc1ccc(/C=C(\NC(C)=O)C(=O)Nc2cccc(CCC(=O)N(C)C)c2)cc1OC. The Labute approximate surface area is 188 Å². The van der Waals surface area contributed by atoms with E-state index < -0.39 is 5.91 Å². The second kappa shape index (κ2) is 11.5. The summed E-state index contributed by atoms with van der Waals surface area (Å²) in [6.07, 6.45) is 2.49. The number of rotatable bonds is 9. The number of methoxy groups -OCH3 is 2. The normalized spacial score (nSPS) is 10.8. The van der Waals surface area contributed by atoms with Crippen molar-refractivity contribution in [3.05, 3.63) is 59.3 Å². The zero-order valence-corrected chi connectivity index (χ0v) is 19.0. The summed E-state index contributed by atoms with van der Waals surface area (Å²) in [6, 6.07) is 12.4. The van der Waals surface area contributed by atoms with Crippen molar-refractivity contribution in [1.29, 1.82) is 0 Å². The van der Waals surface area contributed by atoms with Crippen LogP contribution in [0.3, 0.4) is 0 Å². The molecule has 8 nitrogen and oxygen atoms in total. The Morgan fingerprint density at radius 3 is 2.34 bits per heavy atom. The summed E-state index contributed by atoms with van der Waals surface area (Å²) in [5.41, 5.74) is 2.21. The summed E-state index contributed by atoms with van der Waals surface area (Å²) < 4.78 is 10.5. The third-order valence-corrected chi connectivity index (χ3v) is 4.59. The number of anilines is 1. The van der Waals surface area contributed by atoms with Gasteiger partial charge in [0.1, 0.15) is 5.70 Å². The molecule has 2 aromatic rings. The zero-order valence-electron chi connectivity index (χ0n) is 19.0. The van der Waals surface area contributed by atoms with Gasteiger partial charge in [0.15, 0.2) is 11.5 Å². The van der Waals surface area contributed by atoms with Gasteiger partial charge >= 0.3 is 0 Å². The molecule has 0 unspecified atom stereocenters. The predicted molar refractivity (Wildman–Crippen MR) is 123 cm³/mol. The molecule has 0 atom stereocenters. The van der Waals surface area contributed by atoms with E-state index in [1.807, 2.05) is 12.1 Å². The van der Waals surface area contributed by atoms with Crippen LogP contribution in [0.1, 0.15) is 24.5 Å². The summed E-state index contributed by atoms with van der Waals surface area (Å²) in [6.45, 7) is 1.33. The molecule has 0 heterocycles. The van der Waals surface area contributed by atoms with Crippen LogP contribution in [0.25, 0.3) is 6.08 Å². The van der Waals surface area contributed by atoms with E-state index in [1.165, 1.54) is 21.1 Å². The molecule has 8 heteroatoms. The Kier molecular flexibility index (Phi) is 8.83. The predicted octanol–water partition coefficient (Wildman–Crippen LogP) is 2.84. The highest BCUT2D eigenvalue weighted by Crippen LogP contribution is 2.28. The molecule has 0 bridgehead atoms. The van der Waals surface area contributed by atoms with Crippen LogP contribution in [-0.2, 0) is 20.8 Å². The minimum absolute atomic E-state index is 0.0326. The quantitative estimate of drug-likeness (QED) is 0.586. The van der Waals surface area contributed by atoms with Gasteiger partial charge < -0.3 is 25.0 Å². The van der Waals surface area contributed by atoms with E-state index in [9.17, 15) is 14.4 Å². The first-order valence-corrected chi connectivity index (χ1v) is 10.0. The molecule has 170 valence electrons. The van der Waals surface area contributed by atoms with Gasteiger partial charge in [0, 0.05) is 33.1 Å². The van der Waals surface area contributed by atoms with E-state index in [1.54, 1.807) is 55.4 Å². The molecule has 0 spiro atoms. The van der Waals surface area contributed by atoms with Crippen molar-refractivity contribution >= 4 is 29.5 Å². The second-order valence-corrected chi connectivity index (χ2v) is 7.30. The van der Waals surface area contributed by atoms with Gasteiger partial charge in [-0.1, -0.05) is 18.2 Å². The Hall–Kier alpha value is -3.81. The van der Waals surface area contributed by atoms with Crippen LogP contribution in [-0.4, -0.2) is 50.9 Å². The average Bonchev–Trinajstić information content (AvgIpc) is 2.76. The van der Waals surface area contributed by atoms with E-state index in [2.05, 4.69) is 10.6 Å². The van der Waals surface area contributed by atoms with Gasteiger partial charge in [-0.15, -0.1) is 0 Å². The number of carbonyl (C=O) groups is 3. The minimum atomic E-state index is -0.475. The number of hydrogen-bond donors (Lipinski definition) is 2. The summed E-state index contributed by atoms with van der Waals surface area (Å²) in [5.74, 6) is 0.244. The first kappa shape index (κ1) is 24.5. The number of nitrogens with one attached hydrogen (secondary N) is 2. The molecule has 0 aliphatic heterocycles. The number of ether oxygens (including phenoxy) is 2. The fourth-order valence-electron chi connectivity index (χ4n) is 2.94. The number of carbonyl (C=O) groups excluding carboxylic acids is 3. The van der Waals surface area contributed by atoms with Gasteiger partial charge in [-0.3, -0.25) is 14.4 Å². The lowest BCUT2D eigenvalue weighted by molar-refractivity contribution is -0.128. The Bertz CT molecular complexity index is 1010. The zero-order chi connectivity index (χ0) is 23.7. The van der Waals surface area contributed by atoms with Crippen LogP contribution in [0.15, 0.2) is 48.2 Å². The molecule has 32 heavy (non-hydrogen) atoms. The van der Waals surface area contributed by atoms with Crippen LogP contribution >= 0.6 is 0 Å². The summed E-state index contributed by atoms with van der Waals surface area (Å²) >= 11 is 0. The van der Waals surface area contributed by atoms with Gasteiger partial charge in [-0.05, 0) is 47.9 Å². The molecule has 2 rings (SSSR count). The molecular weight excluding hydrogens is 410 g/mol. The van der Waals surface area contributed by atoms with E-state index in [0.717, 1.165) is 5.56 Å². The molecule has 3 amide bonds. The van der Waals surface area contributed by atoms with E-state index in [0.29, 0.717) is 35.6 Å². The molecule has 0 saturated heterocycles. The highest BCUT2D eigenvalue weighted by molar-refractivity contribution is 6.08. The van der Waals surface area contributed by atoms with Crippen LogP contribution in [0.2, 0.25) is 0 Å². The van der Waals surface area contributed by atoms with Crippen molar-refractivity contribution in [2.45, 2.75) is 19.8 Å². The smallest absolute Gasteiger partial charge is 0.272 e. The largest absolute Gasteiger partial charge is 0.493 e. The van der Waals surface area contributed by atoms with Crippen LogP contribution < -0.4 is 20.1 Å².